The van der Waals surface area contributed by atoms with Gasteiger partial charge in [0.2, 0.25) is 5.78 Å². The van der Waals surface area contributed by atoms with Crippen molar-refractivity contribution >= 4 is 39.1 Å². The molecule has 1 aliphatic carbocycles. The molecule has 3 aromatic heterocycles. The van der Waals surface area contributed by atoms with Crippen molar-refractivity contribution in [3.63, 3.8) is 0 Å². The third kappa shape index (κ3) is 3.19. The van der Waals surface area contributed by atoms with E-state index >= 15 is 0 Å². The highest BCUT2D eigenvalue weighted by Gasteiger charge is 2.32. The van der Waals surface area contributed by atoms with Gasteiger partial charge in [0.25, 0.3) is 5.56 Å². The van der Waals surface area contributed by atoms with Gasteiger partial charge in [-0.1, -0.05) is 62.9 Å². The van der Waals surface area contributed by atoms with Gasteiger partial charge >= 0.3 is 0 Å². The molecule has 0 spiro atoms. The van der Waals surface area contributed by atoms with Crippen LogP contribution < -0.4 is 5.56 Å². The van der Waals surface area contributed by atoms with E-state index in [1.54, 1.807) is 27.7 Å². The molecule has 1 aliphatic rings. The molecule has 0 unspecified atom stereocenters. The van der Waals surface area contributed by atoms with E-state index in [9.17, 15) is 4.79 Å². The Morgan fingerprint density at radius 3 is 2.70 bits per heavy atom. The van der Waals surface area contributed by atoms with Gasteiger partial charge in [-0.2, -0.15) is 0 Å². The third-order valence-corrected chi connectivity index (χ3v) is 8.56. The van der Waals surface area contributed by atoms with Crippen LogP contribution in [-0.2, 0) is 25.6 Å². The molecule has 3 heterocycles. The average Bonchev–Trinajstić information content (AvgIpc) is 3.31. The lowest BCUT2D eigenvalue weighted by Crippen LogP contribution is -2.27. The van der Waals surface area contributed by atoms with Gasteiger partial charge in [-0.05, 0) is 41.7 Å². The quantitative estimate of drug-likeness (QED) is 0.418. The maximum absolute atomic E-state index is 13.2. The number of rotatable bonds is 3. The summed E-state index contributed by atoms with van der Waals surface area (Å²) in [4.78, 5) is 15.6. The molecule has 0 N–H and O–H groups in total. The first-order valence-electron chi connectivity index (χ1n) is 10.4. The van der Waals surface area contributed by atoms with Gasteiger partial charge in [0.15, 0.2) is 5.16 Å². The number of aromatic nitrogens is 4. The number of nitrogens with zero attached hydrogens (tertiary/aromatic N) is 4. The third-order valence-electron chi connectivity index (χ3n) is 6.32. The standard InChI is InChI=1S/C23H26N4OS2/c1-23(2,3)15-10-11-16-17(12-15)30-20-18(16)19(28)26(4)21-24-25-22(27(20)21)29-13-14-8-6-5-7-9-14/h5-9,15H,10-13H2,1-4H3/t15-/m0/s1. The summed E-state index contributed by atoms with van der Waals surface area (Å²) in [6.07, 6.45) is 3.17. The highest BCUT2D eigenvalue weighted by atomic mass is 32.2. The summed E-state index contributed by atoms with van der Waals surface area (Å²) >= 11 is 3.44. The molecule has 0 radical (unpaired) electrons. The predicted molar refractivity (Wildman–Crippen MR) is 125 cm³/mol. The van der Waals surface area contributed by atoms with Crippen LogP contribution in [-0.4, -0.2) is 19.2 Å². The summed E-state index contributed by atoms with van der Waals surface area (Å²) in [6.45, 7) is 6.97. The Morgan fingerprint density at radius 1 is 1.20 bits per heavy atom. The molecule has 7 heteroatoms. The summed E-state index contributed by atoms with van der Waals surface area (Å²) in [5.74, 6) is 2.09. The van der Waals surface area contributed by atoms with Crippen molar-refractivity contribution in [2.75, 3.05) is 0 Å². The molecular formula is C23H26N4OS2. The fourth-order valence-electron chi connectivity index (χ4n) is 4.42. The number of aryl methyl sites for hydroxylation is 2. The van der Waals surface area contributed by atoms with E-state index in [4.69, 9.17) is 0 Å². The second kappa shape index (κ2) is 7.24. The summed E-state index contributed by atoms with van der Waals surface area (Å²) in [5, 5.41) is 10.5. The van der Waals surface area contributed by atoms with Crippen LogP contribution in [0.4, 0.5) is 0 Å². The molecule has 5 rings (SSSR count). The lowest BCUT2D eigenvalue weighted by molar-refractivity contribution is 0.218. The van der Waals surface area contributed by atoms with Crippen molar-refractivity contribution in [1.82, 2.24) is 19.2 Å². The van der Waals surface area contributed by atoms with Gasteiger partial charge in [0.05, 0.1) is 5.39 Å². The van der Waals surface area contributed by atoms with Gasteiger partial charge in [0, 0.05) is 17.7 Å². The van der Waals surface area contributed by atoms with E-state index in [2.05, 4.69) is 59.6 Å². The van der Waals surface area contributed by atoms with Crippen LogP contribution in [0.15, 0.2) is 40.3 Å². The minimum absolute atomic E-state index is 0.0521. The zero-order valence-corrected chi connectivity index (χ0v) is 19.4. The Hall–Kier alpha value is -2.12. The SMILES string of the molecule is Cn1c(=O)c2c3c(sc2n2c(SCc4ccccc4)nnc12)C[C@@H](C(C)(C)C)CC3. The maximum Gasteiger partial charge on any atom is 0.263 e. The number of benzene rings is 1. The maximum atomic E-state index is 13.2. The Bertz CT molecular complexity index is 1290. The molecule has 0 aliphatic heterocycles. The minimum atomic E-state index is 0.0521. The van der Waals surface area contributed by atoms with Gasteiger partial charge in [-0.25, -0.2) is 4.40 Å². The van der Waals surface area contributed by atoms with Crippen LogP contribution in [0, 0.1) is 11.3 Å². The summed E-state index contributed by atoms with van der Waals surface area (Å²) in [6, 6.07) is 10.4. The van der Waals surface area contributed by atoms with Crippen LogP contribution in [0.25, 0.3) is 16.0 Å². The number of thiophene rings is 1. The van der Waals surface area contributed by atoms with E-state index in [1.165, 1.54) is 16.0 Å². The zero-order chi connectivity index (χ0) is 21.0. The molecule has 0 saturated carbocycles. The van der Waals surface area contributed by atoms with Crippen LogP contribution in [0.5, 0.6) is 0 Å². The van der Waals surface area contributed by atoms with E-state index in [0.29, 0.717) is 11.7 Å². The van der Waals surface area contributed by atoms with Gasteiger partial charge in [-0.3, -0.25) is 9.36 Å². The lowest BCUT2D eigenvalue weighted by atomic mass is 9.72. The van der Waals surface area contributed by atoms with Crippen LogP contribution in [0.1, 0.15) is 43.2 Å². The Morgan fingerprint density at radius 2 is 1.97 bits per heavy atom. The van der Waals surface area contributed by atoms with Gasteiger partial charge < -0.3 is 0 Å². The second-order valence-corrected chi connectivity index (χ2v) is 11.3. The minimum Gasteiger partial charge on any atom is -0.279 e. The van der Waals surface area contributed by atoms with Crippen LogP contribution in [0.3, 0.4) is 0 Å². The summed E-state index contributed by atoms with van der Waals surface area (Å²) in [5.41, 5.74) is 2.84. The van der Waals surface area contributed by atoms with Gasteiger partial charge in [-0.15, -0.1) is 21.5 Å². The summed E-state index contributed by atoms with van der Waals surface area (Å²) in [7, 11) is 1.81. The highest BCUT2D eigenvalue weighted by Crippen LogP contribution is 2.43. The molecule has 0 bridgehead atoms. The first kappa shape index (κ1) is 19.8. The zero-order valence-electron chi connectivity index (χ0n) is 17.8. The van der Waals surface area contributed by atoms with Crippen LogP contribution >= 0.6 is 23.1 Å². The Labute approximate surface area is 184 Å². The normalized spacial score (nSPS) is 17.0. The first-order chi connectivity index (χ1) is 14.3. The number of thioether (sulfide) groups is 1. The first-order valence-corrected chi connectivity index (χ1v) is 12.2. The highest BCUT2D eigenvalue weighted by molar-refractivity contribution is 7.98. The fourth-order valence-corrected chi connectivity index (χ4v) is 6.78. The molecular weight excluding hydrogens is 412 g/mol. The van der Waals surface area contributed by atoms with Crippen LogP contribution in [0.2, 0.25) is 0 Å². The van der Waals surface area contributed by atoms with E-state index in [0.717, 1.165) is 40.4 Å². The summed E-state index contributed by atoms with van der Waals surface area (Å²) < 4.78 is 3.75. The van der Waals surface area contributed by atoms with E-state index in [1.807, 2.05) is 13.1 Å². The Kier molecular flexibility index (Phi) is 4.78. The second-order valence-electron chi connectivity index (χ2n) is 9.25. The fraction of sp³-hybridized carbons (Fsp3) is 0.435. The molecule has 1 atom stereocenters. The molecule has 30 heavy (non-hydrogen) atoms. The van der Waals surface area contributed by atoms with Crippen molar-refractivity contribution < 1.29 is 0 Å². The number of fused-ring (bicyclic) bond motifs is 5. The molecule has 0 saturated heterocycles. The molecule has 156 valence electrons. The molecule has 5 nitrogen and oxygen atoms in total. The Balaban J connectivity index is 1.64. The number of hydrogen-bond donors (Lipinski definition) is 0. The smallest absolute Gasteiger partial charge is 0.263 e. The van der Waals surface area contributed by atoms with Crippen molar-refractivity contribution in [2.24, 2.45) is 18.4 Å². The molecule has 4 aromatic rings. The largest absolute Gasteiger partial charge is 0.279 e. The van der Waals surface area contributed by atoms with Gasteiger partial charge in [0.1, 0.15) is 4.83 Å². The molecule has 0 amide bonds. The van der Waals surface area contributed by atoms with E-state index in [-0.39, 0.29) is 11.0 Å². The lowest BCUT2D eigenvalue weighted by Gasteiger charge is -2.33. The number of hydrogen-bond acceptors (Lipinski definition) is 5. The average molecular weight is 439 g/mol. The molecule has 0 fully saturated rings. The van der Waals surface area contributed by atoms with Crippen molar-refractivity contribution in [3.05, 3.63) is 56.7 Å². The topological polar surface area (TPSA) is 52.2 Å². The van der Waals surface area contributed by atoms with Crippen molar-refractivity contribution in [2.45, 2.75) is 50.9 Å². The van der Waals surface area contributed by atoms with Crippen molar-refractivity contribution in [1.29, 1.82) is 0 Å². The molecule has 1 aromatic carbocycles. The van der Waals surface area contributed by atoms with Crippen molar-refractivity contribution in [3.8, 4) is 0 Å². The van der Waals surface area contributed by atoms with E-state index < -0.39 is 0 Å². The predicted octanol–water partition coefficient (Wildman–Crippen LogP) is 5.09. The monoisotopic (exact) mass is 438 g/mol.